The molecule has 0 unspecified atom stereocenters. The maximum atomic E-state index is 13.1. The average Bonchev–Trinajstić information content (AvgIpc) is 3.38. The highest BCUT2D eigenvalue weighted by molar-refractivity contribution is 7.15. The van der Waals surface area contributed by atoms with E-state index in [1.165, 1.54) is 23.5 Å². The van der Waals surface area contributed by atoms with Gasteiger partial charge >= 0.3 is 12.1 Å². The van der Waals surface area contributed by atoms with Crippen LogP contribution in [0.25, 0.3) is 10.6 Å². The SMILES string of the molecule is Cc1cc(OCc2sc(-c3ccc(C(F)(F)F)cc3)nc2CNCCN2CCOCC2)ccc1C1=NOC(=O)CC1. The van der Waals surface area contributed by atoms with Crippen molar-refractivity contribution in [1.82, 2.24) is 15.2 Å². The van der Waals surface area contributed by atoms with E-state index in [1.807, 2.05) is 25.1 Å². The first kappa shape index (κ1) is 29.2. The van der Waals surface area contributed by atoms with Gasteiger partial charge in [0.2, 0.25) is 0 Å². The zero-order valence-corrected chi connectivity index (χ0v) is 23.4. The Balaban J connectivity index is 1.28. The maximum absolute atomic E-state index is 13.1. The van der Waals surface area contributed by atoms with Gasteiger partial charge in [0.15, 0.2) is 0 Å². The molecule has 1 N–H and O–H groups in total. The normalized spacial score (nSPS) is 16.4. The number of aryl methyl sites for hydroxylation is 1. The van der Waals surface area contributed by atoms with Gasteiger partial charge in [0.25, 0.3) is 0 Å². The molecular weight excluding hydrogens is 557 g/mol. The molecular formula is C29H31F3N4O4S. The van der Waals surface area contributed by atoms with Gasteiger partial charge in [0, 0.05) is 50.3 Å². The molecule has 0 bridgehead atoms. The van der Waals surface area contributed by atoms with Gasteiger partial charge in [-0.15, -0.1) is 11.3 Å². The fourth-order valence-corrected chi connectivity index (χ4v) is 5.63. The summed E-state index contributed by atoms with van der Waals surface area (Å²) in [7, 11) is 0. The van der Waals surface area contributed by atoms with Gasteiger partial charge in [0.05, 0.1) is 41.5 Å². The van der Waals surface area contributed by atoms with Gasteiger partial charge in [-0.3, -0.25) is 4.90 Å². The fourth-order valence-electron chi connectivity index (χ4n) is 4.63. The van der Waals surface area contributed by atoms with Crippen molar-refractivity contribution in [2.45, 2.75) is 39.1 Å². The minimum absolute atomic E-state index is 0.260. The van der Waals surface area contributed by atoms with Crippen LogP contribution in [0.1, 0.15) is 40.1 Å². The summed E-state index contributed by atoms with van der Waals surface area (Å²) in [5.74, 6) is 0.327. The Morgan fingerprint density at radius 2 is 1.88 bits per heavy atom. The second kappa shape index (κ2) is 13.1. The van der Waals surface area contributed by atoms with E-state index < -0.39 is 11.7 Å². The summed E-state index contributed by atoms with van der Waals surface area (Å²) in [5.41, 5.74) is 3.30. The number of carbonyl (C=O) groups excluding carboxylic acids is 1. The minimum Gasteiger partial charge on any atom is -0.488 e. The third-order valence-electron chi connectivity index (χ3n) is 6.94. The predicted octanol–water partition coefficient (Wildman–Crippen LogP) is 5.18. The molecule has 2 aromatic carbocycles. The smallest absolute Gasteiger partial charge is 0.416 e. The monoisotopic (exact) mass is 588 g/mol. The first-order valence-electron chi connectivity index (χ1n) is 13.4. The third-order valence-corrected chi connectivity index (χ3v) is 8.06. The van der Waals surface area contributed by atoms with Crippen molar-refractivity contribution in [1.29, 1.82) is 0 Å². The molecule has 2 aliphatic rings. The van der Waals surface area contributed by atoms with Gasteiger partial charge < -0.3 is 19.6 Å². The minimum atomic E-state index is -4.39. The number of nitrogens with one attached hydrogen (secondary N) is 1. The fraction of sp³-hybridized carbons (Fsp3) is 0.414. The second-order valence-corrected chi connectivity index (χ2v) is 10.9. The lowest BCUT2D eigenvalue weighted by atomic mass is 10.00. The number of nitrogens with zero attached hydrogens (tertiary/aromatic N) is 3. The van der Waals surface area contributed by atoms with Crippen molar-refractivity contribution in [2.75, 3.05) is 39.4 Å². The number of benzene rings is 2. The quantitative estimate of drug-likeness (QED) is 0.258. The molecule has 5 rings (SSSR count). The van der Waals surface area contributed by atoms with Gasteiger partial charge in [-0.25, -0.2) is 9.78 Å². The van der Waals surface area contributed by atoms with Crippen LogP contribution in [0.5, 0.6) is 5.75 Å². The van der Waals surface area contributed by atoms with Crippen molar-refractivity contribution < 1.29 is 32.3 Å². The van der Waals surface area contributed by atoms with Crippen LogP contribution in [-0.2, 0) is 33.7 Å². The van der Waals surface area contributed by atoms with Crippen LogP contribution in [0, 0.1) is 6.92 Å². The van der Waals surface area contributed by atoms with E-state index in [4.69, 9.17) is 19.3 Å². The van der Waals surface area contributed by atoms with Crippen LogP contribution in [0.2, 0.25) is 0 Å². The predicted molar refractivity (Wildman–Crippen MR) is 149 cm³/mol. The zero-order valence-electron chi connectivity index (χ0n) is 22.6. The lowest BCUT2D eigenvalue weighted by molar-refractivity contribution is -0.144. The van der Waals surface area contributed by atoms with E-state index >= 15 is 0 Å². The largest absolute Gasteiger partial charge is 0.488 e. The number of morpholine rings is 1. The number of oxime groups is 1. The van der Waals surface area contributed by atoms with E-state index in [2.05, 4.69) is 15.4 Å². The van der Waals surface area contributed by atoms with Crippen molar-refractivity contribution in [2.24, 2.45) is 5.16 Å². The number of halogens is 3. The number of thiazole rings is 1. The lowest BCUT2D eigenvalue weighted by Crippen LogP contribution is -2.40. The van der Waals surface area contributed by atoms with Crippen molar-refractivity contribution >= 4 is 23.0 Å². The maximum Gasteiger partial charge on any atom is 0.416 e. The standard InChI is InChI=1S/C29H31F3N4O4S/c1-19-16-22(6-7-23(19)24-8-9-27(37)40-35-24)39-18-26-25(17-33-10-11-36-12-14-38-15-13-36)34-28(41-26)20-2-4-21(5-3-20)29(30,31)32/h2-7,16,33H,8-15,17-18H2,1H3. The molecule has 0 radical (unpaired) electrons. The van der Waals surface area contributed by atoms with E-state index in [-0.39, 0.29) is 12.6 Å². The molecule has 0 spiro atoms. The van der Waals surface area contributed by atoms with Gasteiger partial charge in [-0.05, 0) is 42.8 Å². The number of hydrogen-bond acceptors (Lipinski definition) is 9. The summed E-state index contributed by atoms with van der Waals surface area (Å²) in [5, 5.41) is 8.02. The molecule has 2 aliphatic heterocycles. The van der Waals surface area contributed by atoms with Crippen molar-refractivity contribution in [3.05, 3.63) is 69.7 Å². The molecule has 41 heavy (non-hydrogen) atoms. The molecule has 8 nitrogen and oxygen atoms in total. The van der Waals surface area contributed by atoms with E-state index in [0.717, 1.165) is 78.9 Å². The Morgan fingerprint density at radius 3 is 2.56 bits per heavy atom. The molecule has 3 heterocycles. The Morgan fingerprint density at radius 1 is 1.10 bits per heavy atom. The van der Waals surface area contributed by atoms with Gasteiger partial charge in [-0.1, -0.05) is 17.3 Å². The van der Waals surface area contributed by atoms with Crippen molar-refractivity contribution in [3.63, 3.8) is 0 Å². The number of hydrogen-bond donors (Lipinski definition) is 1. The van der Waals surface area contributed by atoms with Gasteiger partial charge in [0.1, 0.15) is 17.4 Å². The number of aromatic nitrogens is 1. The molecule has 0 aliphatic carbocycles. The number of carbonyl (C=O) groups is 1. The molecule has 218 valence electrons. The highest BCUT2D eigenvalue weighted by Crippen LogP contribution is 2.34. The van der Waals surface area contributed by atoms with E-state index in [0.29, 0.717) is 35.7 Å². The Hall–Kier alpha value is -3.32. The summed E-state index contributed by atoms with van der Waals surface area (Å²) in [6, 6.07) is 10.7. The van der Waals surface area contributed by atoms with Crippen molar-refractivity contribution in [3.8, 4) is 16.3 Å². The lowest BCUT2D eigenvalue weighted by Gasteiger charge is -2.26. The van der Waals surface area contributed by atoms with Crippen LogP contribution in [0.15, 0.2) is 47.6 Å². The molecule has 3 aromatic rings. The zero-order chi connectivity index (χ0) is 28.8. The number of ether oxygens (including phenoxy) is 2. The summed E-state index contributed by atoms with van der Waals surface area (Å²) in [4.78, 5) is 24.1. The molecule has 1 saturated heterocycles. The summed E-state index contributed by atoms with van der Waals surface area (Å²) < 4.78 is 50.7. The van der Waals surface area contributed by atoms with Crippen LogP contribution in [-0.4, -0.2) is 61.0 Å². The average molecular weight is 589 g/mol. The molecule has 0 atom stereocenters. The van der Waals surface area contributed by atoms with E-state index in [9.17, 15) is 18.0 Å². The summed E-state index contributed by atoms with van der Waals surface area (Å²) in [6.45, 7) is 7.68. The topological polar surface area (TPSA) is 85.3 Å². The first-order chi connectivity index (χ1) is 19.8. The third kappa shape index (κ3) is 7.70. The highest BCUT2D eigenvalue weighted by Gasteiger charge is 2.30. The van der Waals surface area contributed by atoms with Crippen LogP contribution in [0.4, 0.5) is 13.2 Å². The second-order valence-electron chi connectivity index (χ2n) is 9.86. The molecule has 0 amide bonds. The van der Waals surface area contributed by atoms with Crippen LogP contribution in [0.3, 0.4) is 0 Å². The first-order valence-corrected chi connectivity index (χ1v) is 14.3. The number of alkyl halides is 3. The Kier molecular flexibility index (Phi) is 9.33. The van der Waals surface area contributed by atoms with Gasteiger partial charge in [-0.2, -0.15) is 13.2 Å². The molecule has 0 saturated carbocycles. The summed E-state index contributed by atoms with van der Waals surface area (Å²) >= 11 is 1.41. The number of rotatable bonds is 10. The summed E-state index contributed by atoms with van der Waals surface area (Å²) in [6.07, 6.45) is -3.57. The molecule has 12 heteroatoms. The van der Waals surface area contributed by atoms with Crippen LogP contribution >= 0.6 is 11.3 Å². The Bertz CT molecular complexity index is 1390. The molecule has 1 aromatic heterocycles. The molecule has 1 fully saturated rings. The van der Waals surface area contributed by atoms with Crippen LogP contribution < -0.4 is 10.1 Å². The van der Waals surface area contributed by atoms with E-state index in [1.54, 1.807) is 0 Å². The Labute approximate surface area is 240 Å². The highest BCUT2D eigenvalue weighted by atomic mass is 32.1.